The number of hydrogen-bond acceptors (Lipinski definition) is 1. The van der Waals surface area contributed by atoms with Crippen molar-refractivity contribution in [2.24, 2.45) is 5.73 Å². The van der Waals surface area contributed by atoms with Crippen LogP contribution in [-0.4, -0.2) is 6.04 Å². The highest BCUT2D eigenvalue weighted by atomic mass is 14.7. The fraction of sp³-hybridized carbons (Fsp3) is 0.333. The molecule has 2 atom stereocenters. The number of nitrogens with two attached hydrogens (primary N) is 1. The summed E-state index contributed by atoms with van der Waals surface area (Å²) >= 11 is 0. The third kappa shape index (κ3) is 1.65. The molecule has 2 rings (SSSR count). The SMILES string of the molecule is C=C1C[C@@H](N)[C@H](c2ccccc2)C1. The van der Waals surface area contributed by atoms with Gasteiger partial charge >= 0.3 is 0 Å². The van der Waals surface area contributed by atoms with Gasteiger partial charge in [0.25, 0.3) is 0 Å². The van der Waals surface area contributed by atoms with Crippen molar-refractivity contribution in [2.75, 3.05) is 0 Å². The molecule has 1 aromatic rings. The van der Waals surface area contributed by atoms with Gasteiger partial charge in [-0.15, -0.1) is 0 Å². The standard InChI is InChI=1S/C12H15N/c1-9-7-11(12(13)8-9)10-5-3-2-4-6-10/h2-6,11-12H,1,7-8,13H2/t11-,12+/m0/s1. The zero-order valence-electron chi connectivity index (χ0n) is 7.74. The molecule has 1 heteroatoms. The number of benzene rings is 1. The lowest BCUT2D eigenvalue weighted by Gasteiger charge is -2.14. The zero-order valence-corrected chi connectivity index (χ0v) is 7.74. The molecule has 1 fully saturated rings. The van der Waals surface area contributed by atoms with E-state index in [0.29, 0.717) is 5.92 Å². The highest BCUT2D eigenvalue weighted by Crippen LogP contribution is 2.35. The monoisotopic (exact) mass is 173 g/mol. The van der Waals surface area contributed by atoms with Gasteiger partial charge in [-0.2, -0.15) is 0 Å². The van der Waals surface area contributed by atoms with Crippen LogP contribution in [0.5, 0.6) is 0 Å². The van der Waals surface area contributed by atoms with E-state index in [1.807, 2.05) is 6.07 Å². The first-order valence-corrected chi connectivity index (χ1v) is 4.74. The van der Waals surface area contributed by atoms with Crippen LogP contribution in [0.3, 0.4) is 0 Å². The minimum Gasteiger partial charge on any atom is -0.327 e. The third-order valence-electron chi connectivity index (χ3n) is 2.78. The molecule has 1 aromatic carbocycles. The Balaban J connectivity index is 2.23. The molecule has 13 heavy (non-hydrogen) atoms. The summed E-state index contributed by atoms with van der Waals surface area (Å²) in [4.78, 5) is 0. The zero-order chi connectivity index (χ0) is 9.26. The topological polar surface area (TPSA) is 26.0 Å². The minimum atomic E-state index is 0.273. The average Bonchev–Trinajstić information content (AvgIpc) is 2.47. The first-order chi connectivity index (χ1) is 6.27. The van der Waals surface area contributed by atoms with E-state index in [0.717, 1.165) is 12.8 Å². The summed E-state index contributed by atoms with van der Waals surface area (Å²) in [6, 6.07) is 10.8. The van der Waals surface area contributed by atoms with Crippen molar-refractivity contribution in [3.8, 4) is 0 Å². The highest BCUT2D eigenvalue weighted by molar-refractivity contribution is 5.27. The predicted molar refractivity (Wildman–Crippen MR) is 55.5 cm³/mol. The van der Waals surface area contributed by atoms with Gasteiger partial charge in [0.2, 0.25) is 0 Å². The normalized spacial score (nSPS) is 27.9. The summed E-state index contributed by atoms with van der Waals surface area (Å²) in [7, 11) is 0. The second-order valence-corrected chi connectivity index (χ2v) is 3.84. The summed E-state index contributed by atoms with van der Waals surface area (Å²) in [5.74, 6) is 0.494. The fourth-order valence-electron chi connectivity index (χ4n) is 2.09. The summed E-state index contributed by atoms with van der Waals surface area (Å²) in [6.07, 6.45) is 2.05. The molecule has 0 amide bonds. The van der Waals surface area contributed by atoms with Crippen molar-refractivity contribution in [3.63, 3.8) is 0 Å². The maximum atomic E-state index is 6.04. The van der Waals surface area contributed by atoms with Gasteiger partial charge in [-0.3, -0.25) is 0 Å². The van der Waals surface area contributed by atoms with E-state index in [-0.39, 0.29) is 6.04 Å². The molecule has 1 nitrogen and oxygen atoms in total. The van der Waals surface area contributed by atoms with Crippen LogP contribution in [0.4, 0.5) is 0 Å². The van der Waals surface area contributed by atoms with Crippen molar-refractivity contribution in [1.82, 2.24) is 0 Å². The van der Waals surface area contributed by atoms with Crippen LogP contribution in [0.2, 0.25) is 0 Å². The molecular weight excluding hydrogens is 158 g/mol. The van der Waals surface area contributed by atoms with E-state index in [2.05, 4.69) is 30.8 Å². The van der Waals surface area contributed by atoms with Crippen molar-refractivity contribution >= 4 is 0 Å². The molecule has 1 saturated carbocycles. The van der Waals surface area contributed by atoms with Crippen molar-refractivity contribution in [2.45, 2.75) is 24.8 Å². The second-order valence-electron chi connectivity index (χ2n) is 3.84. The summed E-state index contributed by atoms with van der Waals surface area (Å²) in [6.45, 7) is 4.00. The first-order valence-electron chi connectivity index (χ1n) is 4.74. The maximum absolute atomic E-state index is 6.04. The number of rotatable bonds is 1. The van der Waals surface area contributed by atoms with Gasteiger partial charge in [-0.25, -0.2) is 0 Å². The van der Waals surface area contributed by atoms with E-state index in [1.165, 1.54) is 11.1 Å². The van der Waals surface area contributed by atoms with E-state index in [9.17, 15) is 0 Å². The van der Waals surface area contributed by atoms with Gasteiger partial charge in [0.05, 0.1) is 0 Å². The predicted octanol–water partition coefficient (Wildman–Crippen LogP) is 2.45. The fourth-order valence-corrected chi connectivity index (χ4v) is 2.09. The van der Waals surface area contributed by atoms with E-state index in [4.69, 9.17) is 5.73 Å². The van der Waals surface area contributed by atoms with Crippen molar-refractivity contribution < 1.29 is 0 Å². The molecular formula is C12H15N. The van der Waals surface area contributed by atoms with E-state index in [1.54, 1.807) is 0 Å². The Morgan fingerprint density at radius 3 is 2.38 bits per heavy atom. The average molecular weight is 173 g/mol. The highest BCUT2D eigenvalue weighted by Gasteiger charge is 2.27. The van der Waals surface area contributed by atoms with Crippen molar-refractivity contribution in [1.29, 1.82) is 0 Å². The molecule has 0 saturated heterocycles. The summed E-state index contributed by atoms with van der Waals surface area (Å²) in [5, 5.41) is 0. The Kier molecular flexibility index (Phi) is 2.19. The van der Waals surface area contributed by atoms with Gasteiger partial charge in [0, 0.05) is 12.0 Å². The lowest BCUT2D eigenvalue weighted by molar-refractivity contribution is 0.613. The van der Waals surface area contributed by atoms with Crippen LogP contribution in [0.15, 0.2) is 42.5 Å². The Morgan fingerprint density at radius 2 is 1.85 bits per heavy atom. The molecule has 0 radical (unpaired) electrons. The maximum Gasteiger partial charge on any atom is 0.0148 e. The van der Waals surface area contributed by atoms with Crippen LogP contribution < -0.4 is 5.73 Å². The van der Waals surface area contributed by atoms with Gasteiger partial charge in [-0.05, 0) is 18.4 Å². The first kappa shape index (κ1) is 8.52. The smallest absolute Gasteiger partial charge is 0.0148 e. The molecule has 68 valence electrons. The molecule has 2 N–H and O–H groups in total. The third-order valence-corrected chi connectivity index (χ3v) is 2.78. The summed E-state index contributed by atoms with van der Waals surface area (Å²) in [5.41, 5.74) is 8.69. The largest absolute Gasteiger partial charge is 0.327 e. The van der Waals surface area contributed by atoms with Crippen LogP contribution in [-0.2, 0) is 0 Å². The van der Waals surface area contributed by atoms with Gasteiger partial charge in [0.1, 0.15) is 0 Å². The van der Waals surface area contributed by atoms with Crippen LogP contribution in [0.25, 0.3) is 0 Å². The molecule has 1 aliphatic carbocycles. The van der Waals surface area contributed by atoms with E-state index < -0.39 is 0 Å². The Bertz CT molecular complexity index is 302. The molecule has 0 aliphatic heterocycles. The summed E-state index contributed by atoms with van der Waals surface area (Å²) < 4.78 is 0. The second kappa shape index (κ2) is 3.35. The number of hydrogen-bond donors (Lipinski definition) is 1. The van der Waals surface area contributed by atoms with Gasteiger partial charge in [-0.1, -0.05) is 42.5 Å². The van der Waals surface area contributed by atoms with Crippen LogP contribution >= 0.6 is 0 Å². The van der Waals surface area contributed by atoms with Crippen LogP contribution in [0.1, 0.15) is 24.3 Å². The molecule has 0 heterocycles. The Hall–Kier alpha value is -1.08. The molecule has 0 aromatic heterocycles. The molecule has 0 bridgehead atoms. The van der Waals surface area contributed by atoms with E-state index >= 15 is 0 Å². The quantitative estimate of drug-likeness (QED) is 0.648. The van der Waals surface area contributed by atoms with Crippen LogP contribution in [0, 0.1) is 0 Å². The lowest BCUT2D eigenvalue weighted by Crippen LogP contribution is -2.22. The molecule has 0 unspecified atom stereocenters. The molecule has 1 aliphatic rings. The Morgan fingerprint density at radius 1 is 1.15 bits per heavy atom. The van der Waals surface area contributed by atoms with Gasteiger partial charge in [0.15, 0.2) is 0 Å². The lowest BCUT2D eigenvalue weighted by atomic mass is 9.95. The molecule has 0 spiro atoms. The Labute approximate surface area is 79.3 Å². The van der Waals surface area contributed by atoms with Crippen molar-refractivity contribution in [3.05, 3.63) is 48.0 Å². The van der Waals surface area contributed by atoms with Gasteiger partial charge < -0.3 is 5.73 Å². The minimum absolute atomic E-state index is 0.273.